The van der Waals surface area contributed by atoms with E-state index in [-0.39, 0.29) is 25.5 Å². The zero-order chi connectivity index (χ0) is 35.0. The van der Waals surface area contributed by atoms with Crippen molar-refractivity contribution >= 4 is 43.5 Å². The van der Waals surface area contributed by atoms with E-state index in [2.05, 4.69) is 162 Å². The Bertz CT molecular complexity index is 2440. The van der Waals surface area contributed by atoms with Gasteiger partial charge in [-0.05, 0) is 80.4 Å². The third kappa shape index (κ3) is 8.30. The number of aromatic nitrogens is 2. The third-order valence-electron chi connectivity index (χ3n) is 8.92. The van der Waals surface area contributed by atoms with Crippen LogP contribution in [0.1, 0.15) is 58.2 Å². The van der Waals surface area contributed by atoms with Crippen molar-refractivity contribution in [1.82, 2.24) is 9.97 Å². The Kier molecular flexibility index (Phi) is 10.3. The summed E-state index contributed by atoms with van der Waals surface area (Å²) in [5.41, 5.74) is 9.95. The Morgan fingerprint density at radius 2 is 1.39 bits per heavy atom. The molecule has 0 amide bonds. The molecule has 5 aromatic carbocycles. The van der Waals surface area contributed by atoms with Crippen LogP contribution in [0.15, 0.2) is 120 Å². The molecule has 3 heterocycles. The van der Waals surface area contributed by atoms with Gasteiger partial charge >= 0.3 is 0 Å². The zero-order valence-corrected chi connectivity index (χ0v) is 32.9. The van der Waals surface area contributed by atoms with Crippen LogP contribution in [0.2, 0.25) is 0 Å². The maximum absolute atomic E-state index is 6.46. The monoisotopic (exact) mass is 845 g/mol. The average molecular weight is 845 g/mol. The van der Waals surface area contributed by atoms with Crippen LogP contribution in [-0.4, -0.2) is 9.97 Å². The van der Waals surface area contributed by atoms with Crippen LogP contribution in [0.3, 0.4) is 0 Å². The van der Waals surface area contributed by atoms with Crippen LogP contribution in [0.4, 0.5) is 0 Å². The van der Waals surface area contributed by atoms with Crippen molar-refractivity contribution in [1.29, 1.82) is 0 Å². The van der Waals surface area contributed by atoms with E-state index in [1.54, 1.807) is 0 Å². The molecule has 259 valence electrons. The zero-order valence-electron chi connectivity index (χ0n) is 30.5. The maximum Gasteiger partial charge on any atom is 0.121 e. The molecule has 51 heavy (non-hydrogen) atoms. The second kappa shape index (κ2) is 14.5. The molecule has 8 rings (SSSR count). The van der Waals surface area contributed by atoms with Crippen LogP contribution in [0.25, 0.3) is 66.0 Å². The van der Waals surface area contributed by atoms with Crippen LogP contribution in [0, 0.1) is 29.9 Å². The molecule has 0 aliphatic rings. The molecule has 0 bridgehead atoms. The van der Waals surface area contributed by atoms with Gasteiger partial charge in [-0.25, -0.2) is 0 Å². The van der Waals surface area contributed by atoms with E-state index >= 15 is 0 Å². The van der Waals surface area contributed by atoms with Gasteiger partial charge in [0, 0.05) is 37.9 Å². The van der Waals surface area contributed by atoms with E-state index in [0.717, 1.165) is 57.3 Å². The first kappa shape index (κ1) is 36.2. The molecule has 0 atom stereocenters. The van der Waals surface area contributed by atoms with Gasteiger partial charge in [-0.1, -0.05) is 120 Å². The molecular formula is C47H44IrN2O-2. The van der Waals surface area contributed by atoms with Gasteiger partial charge in [0.15, 0.2) is 0 Å². The fraction of sp³-hybridized carbons (Fsp3) is 0.234. The standard InChI is InChI=1S/C30H24NO.C17H20N.Ir/c1-30(2,3)18-19-13-14-31-27(15-19)24-10-6-9-23-26-16-21-12-11-20-7-4-5-8-22(20)25(21)17-28(26)32-29(23)24;1-13-5-8-15(9-6-13)16-10-7-14(12-18-16)11-17(2,3)4;/h4-9,11-17H,18H2,1-3H3;5-8,10,12H,11H2,1-4H3;/q2*-1;. The van der Waals surface area contributed by atoms with Gasteiger partial charge in [0.1, 0.15) is 5.58 Å². The molecule has 0 spiro atoms. The maximum atomic E-state index is 6.46. The van der Waals surface area contributed by atoms with Crippen molar-refractivity contribution < 1.29 is 24.5 Å². The summed E-state index contributed by atoms with van der Waals surface area (Å²) in [5, 5.41) is 7.15. The first-order chi connectivity index (χ1) is 23.9. The summed E-state index contributed by atoms with van der Waals surface area (Å²) in [4.78, 5) is 9.20. The van der Waals surface area contributed by atoms with Crippen molar-refractivity contribution in [3.63, 3.8) is 0 Å². The number of benzene rings is 5. The van der Waals surface area contributed by atoms with Crippen molar-refractivity contribution in [2.75, 3.05) is 0 Å². The van der Waals surface area contributed by atoms with Crippen LogP contribution in [-0.2, 0) is 32.9 Å². The Hall–Kier alpha value is -4.63. The van der Waals surface area contributed by atoms with Gasteiger partial charge in [-0.2, -0.15) is 0 Å². The largest absolute Gasteiger partial charge is 0.501 e. The number of pyridine rings is 2. The summed E-state index contributed by atoms with van der Waals surface area (Å²) in [6.07, 6.45) is 5.93. The molecule has 3 aromatic heterocycles. The summed E-state index contributed by atoms with van der Waals surface area (Å²) in [5.74, 6) is 0. The summed E-state index contributed by atoms with van der Waals surface area (Å²) >= 11 is 0. The first-order valence-electron chi connectivity index (χ1n) is 17.5. The summed E-state index contributed by atoms with van der Waals surface area (Å²) in [7, 11) is 0. The smallest absolute Gasteiger partial charge is 0.121 e. The van der Waals surface area contributed by atoms with Gasteiger partial charge in [-0.15, -0.1) is 53.6 Å². The van der Waals surface area contributed by atoms with E-state index in [0.29, 0.717) is 5.41 Å². The number of rotatable bonds is 4. The Morgan fingerprint density at radius 1 is 0.627 bits per heavy atom. The number of hydrogen-bond donors (Lipinski definition) is 0. The van der Waals surface area contributed by atoms with Crippen molar-refractivity contribution in [3.8, 4) is 22.5 Å². The predicted octanol–water partition coefficient (Wildman–Crippen LogP) is 12.8. The minimum absolute atomic E-state index is 0. The molecule has 1 radical (unpaired) electrons. The number of nitrogens with zero attached hydrogens (tertiary/aromatic N) is 2. The summed E-state index contributed by atoms with van der Waals surface area (Å²) in [6, 6.07) is 42.7. The van der Waals surface area contributed by atoms with Gasteiger partial charge in [0.25, 0.3) is 0 Å². The van der Waals surface area contributed by atoms with E-state index in [4.69, 9.17) is 4.42 Å². The quantitative estimate of drug-likeness (QED) is 0.131. The molecule has 4 heteroatoms. The second-order valence-corrected chi connectivity index (χ2v) is 15.9. The topological polar surface area (TPSA) is 38.9 Å². The van der Waals surface area contributed by atoms with E-state index < -0.39 is 0 Å². The molecule has 0 aliphatic heterocycles. The summed E-state index contributed by atoms with van der Waals surface area (Å²) in [6.45, 7) is 15.6. The van der Waals surface area contributed by atoms with Crippen molar-refractivity contribution in [2.45, 2.75) is 61.3 Å². The Balaban J connectivity index is 0.000000202. The molecular weight excluding hydrogens is 801 g/mol. The molecule has 0 saturated carbocycles. The van der Waals surface area contributed by atoms with Gasteiger partial charge in [-0.3, -0.25) is 0 Å². The SMILES string of the molecule is CC(C)(C)Cc1ccnc(-c2[c-]ccc3c2oc2cc4c(ccc5ccccc54)cc23)c1.Cc1c[c-]c(-c2ccc(CC(C)(C)C)cn2)cc1.[Ir]. The molecule has 0 saturated heterocycles. The summed E-state index contributed by atoms with van der Waals surface area (Å²) < 4.78 is 6.46. The van der Waals surface area contributed by atoms with E-state index in [9.17, 15) is 0 Å². The molecule has 3 nitrogen and oxygen atoms in total. The van der Waals surface area contributed by atoms with Crippen molar-refractivity contribution in [2.24, 2.45) is 10.8 Å². The molecule has 0 unspecified atom stereocenters. The fourth-order valence-corrected chi connectivity index (χ4v) is 6.73. The van der Waals surface area contributed by atoms with Crippen LogP contribution < -0.4 is 0 Å². The molecule has 8 aromatic rings. The minimum Gasteiger partial charge on any atom is -0.501 e. The Morgan fingerprint density at radius 3 is 2.12 bits per heavy atom. The van der Waals surface area contributed by atoms with Gasteiger partial charge < -0.3 is 14.4 Å². The number of fused-ring (bicyclic) bond motifs is 6. The molecule has 0 fully saturated rings. The van der Waals surface area contributed by atoms with E-state index in [1.165, 1.54) is 38.2 Å². The fourth-order valence-electron chi connectivity index (χ4n) is 6.73. The third-order valence-corrected chi connectivity index (χ3v) is 8.92. The first-order valence-corrected chi connectivity index (χ1v) is 17.5. The van der Waals surface area contributed by atoms with E-state index in [1.807, 2.05) is 24.5 Å². The number of furan rings is 1. The minimum atomic E-state index is 0. The number of aryl methyl sites for hydroxylation is 1. The average Bonchev–Trinajstić information content (AvgIpc) is 3.45. The van der Waals surface area contributed by atoms with Crippen LogP contribution >= 0.6 is 0 Å². The normalized spacial score (nSPS) is 11.8. The molecule has 0 aliphatic carbocycles. The predicted molar refractivity (Wildman–Crippen MR) is 210 cm³/mol. The Labute approximate surface area is 315 Å². The van der Waals surface area contributed by atoms with Gasteiger partial charge in [0.2, 0.25) is 0 Å². The van der Waals surface area contributed by atoms with Crippen molar-refractivity contribution in [3.05, 3.63) is 144 Å². The van der Waals surface area contributed by atoms with Crippen LogP contribution in [0.5, 0.6) is 0 Å². The second-order valence-electron chi connectivity index (χ2n) is 15.9. The molecule has 0 N–H and O–H groups in total. The number of hydrogen-bond acceptors (Lipinski definition) is 3. The van der Waals surface area contributed by atoms with Gasteiger partial charge in [0.05, 0.1) is 5.58 Å².